The summed E-state index contributed by atoms with van der Waals surface area (Å²) in [4.78, 5) is 16.8. The molecule has 0 saturated carbocycles. The number of benzene rings is 3. The number of aromatic nitrogens is 3. The first-order chi connectivity index (χ1) is 16.1. The fourth-order valence-electron chi connectivity index (χ4n) is 4.34. The fraction of sp³-hybridized carbons (Fsp3) is 0.107. The lowest BCUT2D eigenvalue weighted by molar-refractivity contribution is -0.665. The number of aromatic amines is 1. The molecular weight excluding hydrogens is 410 g/mol. The van der Waals surface area contributed by atoms with E-state index < -0.39 is 11.9 Å². The topological polar surface area (TPSA) is 69.9 Å². The molecule has 0 fully saturated rings. The molecule has 1 atom stereocenters. The summed E-state index contributed by atoms with van der Waals surface area (Å²) >= 11 is 0. The van der Waals surface area contributed by atoms with Gasteiger partial charge in [0.2, 0.25) is 0 Å². The zero-order chi connectivity index (χ0) is 22.8. The quantitative estimate of drug-likeness (QED) is 0.360. The molecule has 2 aromatic heterocycles. The fourth-order valence-corrected chi connectivity index (χ4v) is 4.34. The summed E-state index contributed by atoms with van der Waals surface area (Å²) in [6.45, 7) is 1.98. The molecule has 0 aliphatic carbocycles. The van der Waals surface area contributed by atoms with Crippen LogP contribution in [0.3, 0.4) is 0 Å². The first kappa shape index (κ1) is 20.6. The number of hydrogen-bond donors (Lipinski definition) is 2. The minimum Gasteiger partial charge on any atom is -0.481 e. The minimum atomic E-state index is -0.846. The van der Waals surface area contributed by atoms with Crippen molar-refractivity contribution in [3.8, 4) is 17.1 Å². The highest BCUT2D eigenvalue weighted by Crippen LogP contribution is 2.29. The molecule has 5 aromatic rings. The SMILES string of the molecule is Cc1cccc(C(Cc2cc(-c3cccc4ccccc34)[nH][n+]2-c2ccccn2)C(=O)O)c1. The minimum absolute atomic E-state index is 0.330. The monoisotopic (exact) mass is 434 g/mol. The van der Waals surface area contributed by atoms with Gasteiger partial charge in [-0.1, -0.05) is 78.4 Å². The van der Waals surface area contributed by atoms with Crippen molar-refractivity contribution < 1.29 is 14.6 Å². The van der Waals surface area contributed by atoms with E-state index in [2.05, 4.69) is 34.3 Å². The van der Waals surface area contributed by atoms with Gasteiger partial charge in [0.05, 0.1) is 11.6 Å². The van der Waals surface area contributed by atoms with Crippen LogP contribution in [0.25, 0.3) is 27.8 Å². The predicted octanol–water partition coefficient (Wildman–Crippen LogP) is 5.23. The zero-order valence-electron chi connectivity index (χ0n) is 18.3. The summed E-state index contributed by atoms with van der Waals surface area (Å²) in [7, 11) is 0. The lowest BCUT2D eigenvalue weighted by Crippen LogP contribution is -2.39. The maximum absolute atomic E-state index is 12.3. The molecule has 162 valence electrons. The van der Waals surface area contributed by atoms with E-state index in [4.69, 9.17) is 0 Å². The van der Waals surface area contributed by atoms with Crippen molar-refractivity contribution in [2.24, 2.45) is 0 Å². The second-order valence-electron chi connectivity index (χ2n) is 8.22. The molecule has 0 aliphatic rings. The van der Waals surface area contributed by atoms with Crippen LogP contribution in [0.1, 0.15) is 22.7 Å². The van der Waals surface area contributed by atoms with Crippen LogP contribution in [0.4, 0.5) is 0 Å². The number of carboxylic acid groups (broad SMARTS) is 1. The van der Waals surface area contributed by atoms with Gasteiger partial charge in [-0.25, -0.2) is 5.10 Å². The highest BCUT2D eigenvalue weighted by atomic mass is 16.4. The van der Waals surface area contributed by atoms with Gasteiger partial charge in [-0.3, -0.25) is 4.79 Å². The van der Waals surface area contributed by atoms with E-state index in [0.29, 0.717) is 12.2 Å². The Labute approximate surface area is 192 Å². The summed E-state index contributed by atoms with van der Waals surface area (Å²) in [5, 5.41) is 15.8. The van der Waals surface area contributed by atoms with Gasteiger partial charge in [-0.15, -0.1) is 4.68 Å². The van der Waals surface area contributed by atoms with Crippen LogP contribution in [0.2, 0.25) is 0 Å². The Kier molecular flexibility index (Phi) is 5.45. The van der Waals surface area contributed by atoms with Crippen LogP contribution in [-0.4, -0.2) is 21.2 Å². The van der Waals surface area contributed by atoms with Gasteiger partial charge in [0, 0.05) is 24.1 Å². The van der Waals surface area contributed by atoms with Crippen LogP contribution in [0.15, 0.2) is 97.2 Å². The van der Waals surface area contributed by atoms with Gasteiger partial charge in [0.25, 0.3) is 0 Å². The van der Waals surface area contributed by atoms with Gasteiger partial charge >= 0.3 is 11.8 Å². The molecular formula is C28H24N3O2+. The lowest BCUT2D eigenvalue weighted by atomic mass is 9.92. The summed E-state index contributed by atoms with van der Waals surface area (Å²) in [6, 6.07) is 29.9. The molecule has 5 rings (SSSR count). The third kappa shape index (κ3) is 4.13. The Morgan fingerprint density at radius 3 is 2.55 bits per heavy atom. The number of hydrogen-bond acceptors (Lipinski definition) is 2. The van der Waals surface area contributed by atoms with Crippen LogP contribution >= 0.6 is 0 Å². The number of fused-ring (bicyclic) bond motifs is 1. The number of carbonyl (C=O) groups is 1. The van der Waals surface area contributed by atoms with Crippen molar-refractivity contribution in [1.29, 1.82) is 0 Å². The number of aliphatic carboxylic acids is 1. The van der Waals surface area contributed by atoms with Gasteiger partial charge in [-0.2, -0.15) is 0 Å². The Balaban J connectivity index is 1.65. The van der Waals surface area contributed by atoms with E-state index in [0.717, 1.165) is 38.9 Å². The average Bonchev–Trinajstić information content (AvgIpc) is 3.26. The van der Waals surface area contributed by atoms with Crippen molar-refractivity contribution in [1.82, 2.24) is 10.1 Å². The van der Waals surface area contributed by atoms with Crippen molar-refractivity contribution in [2.75, 3.05) is 0 Å². The number of carboxylic acids is 1. The second-order valence-corrected chi connectivity index (χ2v) is 8.22. The highest BCUT2D eigenvalue weighted by molar-refractivity contribution is 5.95. The van der Waals surface area contributed by atoms with Gasteiger partial charge in [0.15, 0.2) is 0 Å². The molecule has 3 aromatic carbocycles. The van der Waals surface area contributed by atoms with Crippen LogP contribution in [0.5, 0.6) is 0 Å². The molecule has 2 heterocycles. The lowest BCUT2D eigenvalue weighted by Gasteiger charge is -2.12. The molecule has 0 saturated heterocycles. The number of H-pyrrole nitrogens is 1. The molecule has 0 bridgehead atoms. The largest absolute Gasteiger partial charge is 0.481 e. The predicted molar refractivity (Wildman–Crippen MR) is 128 cm³/mol. The van der Waals surface area contributed by atoms with Crippen molar-refractivity contribution in [3.63, 3.8) is 0 Å². The molecule has 5 nitrogen and oxygen atoms in total. The molecule has 33 heavy (non-hydrogen) atoms. The van der Waals surface area contributed by atoms with E-state index in [-0.39, 0.29) is 0 Å². The summed E-state index contributed by atoms with van der Waals surface area (Å²) in [5.41, 5.74) is 4.67. The number of nitrogens with zero attached hydrogens (tertiary/aromatic N) is 2. The number of rotatable bonds is 6. The van der Waals surface area contributed by atoms with Crippen molar-refractivity contribution in [2.45, 2.75) is 19.3 Å². The standard InChI is InChI=1S/C28H23N3O2/c1-19-8-6-11-21(16-19)25(28(32)33)17-22-18-26(30-31(22)27-14-4-5-15-29-27)24-13-7-10-20-9-2-3-12-23(20)24/h2-16,18,25H,17H2,1H3,(H,32,33)/p+1. The van der Waals surface area contributed by atoms with Crippen LogP contribution < -0.4 is 4.68 Å². The maximum atomic E-state index is 12.3. The molecule has 0 aliphatic heterocycles. The Morgan fingerprint density at radius 2 is 1.76 bits per heavy atom. The molecule has 0 spiro atoms. The van der Waals surface area contributed by atoms with Gasteiger partial charge < -0.3 is 5.11 Å². The second kappa shape index (κ2) is 8.71. The first-order valence-corrected chi connectivity index (χ1v) is 10.9. The van der Waals surface area contributed by atoms with Crippen LogP contribution in [-0.2, 0) is 11.2 Å². The highest BCUT2D eigenvalue weighted by Gasteiger charge is 2.27. The number of aryl methyl sites for hydroxylation is 1. The average molecular weight is 435 g/mol. The number of pyridine rings is 1. The van der Waals surface area contributed by atoms with E-state index in [1.54, 1.807) is 6.20 Å². The normalized spacial score (nSPS) is 12.0. The zero-order valence-corrected chi connectivity index (χ0v) is 18.3. The molecule has 0 radical (unpaired) electrons. The smallest absolute Gasteiger partial charge is 0.346 e. The molecule has 1 unspecified atom stereocenters. The third-order valence-corrected chi connectivity index (χ3v) is 5.94. The first-order valence-electron chi connectivity index (χ1n) is 10.9. The van der Waals surface area contributed by atoms with E-state index in [9.17, 15) is 9.90 Å². The van der Waals surface area contributed by atoms with Crippen molar-refractivity contribution >= 4 is 16.7 Å². The third-order valence-electron chi connectivity index (χ3n) is 5.94. The molecule has 5 heteroatoms. The maximum Gasteiger partial charge on any atom is 0.346 e. The van der Waals surface area contributed by atoms with Crippen LogP contribution in [0, 0.1) is 6.92 Å². The summed E-state index contributed by atoms with van der Waals surface area (Å²) < 4.78 is 1.89. The summed E-state index contributed by atoms with van der Waals surface area (Å²) in [6.07, 6.45) is 2.07. The Morgan fingerprint density at radius 1 is 0.970 bits per heavy atom. The summed E-state index contributed by atoms with van der Waals surface area (Å²) in [5.74, 6) is -0.801. The van der Waals surface area contributed by atoms with Gasteiger partial charge in [0.1, 0.15) is 11.9 Å². The Hall–Kier alpha value is -4.25. The van der Waals surface area contributed by atoms with Gasteiger partial charge in [-0.05, 0) is 34.3 Å². The number of nitrogens with one attached hydrogen (secondary N) is 1. The molecule has 0 amide bonds. The van der Waals surface area contributed by atoms with E-state index in [1.807, 2.05) is 78.3 Å². The Bertz CT molecular complexity index is 1440. The van der Waals surface area contributed by atoms with E-state index in [1.165, 1.54) is 0 Å². The van der Waals surface area contributed by atoms with Crippen molar-refractivity contribution in [3.05, 3.63) is 114 Å². The van der Waals surface area contributed by atoms with E-state index >= 15 is 0 Å². The molecule has 2 N–H and O–H groups in total.